The number of carbonyl (C=O) groups excluding carboxylic acids is 3. The summed E-state index contributed by atoms with van der Waals surface area (Å²) in [5.41, 5.74) is 5.50. The summed E-state index contributed by atoms with van der Waals surface area (Å²) in [5.74, 6) is -1.09. The predicted octanol–water partition coefficient (Wildman–Crippen LogP) is 2.31. The average molecular weight is 441 g/mol. The Kier molecular flexibility index (Phi) is 9.22. The van der Waals surface area contributed by atoms with Gasteiger partial charge in [0.15, 0.2) is 18.1 Å². The van der Waals surface area contributed by atoms with Crippen LogP contribution in [0.2, 0.25) is 0 Å². The number of anilines is 1. The number of nitrogens with one attached hydrogen (secondary N) is 3. The van der Waals surface area contributed by atoms with Gasteiger partial charge in [0.2, 0.25) is 0 Å². The molecule has 2 aromatic carbocycles. The molecule has 0 aliphatic heterocycles. The minimum Gasteiger partial charge on any atom is -0.490 e. The largest absolute Gasteiger partial charge is 0.490 e. The van der Waals surface area contributed by atoms with Crippen LogP contribution in [-0.2, 0) is 14.4 Å². The fraction of sp³-hybridized carbons (Fsp3) is 0.304. The Labute approximate surface area is 187 Å². The van der Waals surface area contributed by atoms with Gasteiger partial charge in [0.05, 0.1) is 12.8 Å². The molecule has 2 rings (SSSR count). The van der Waals surface area contributed by atoms with Crippen LogP contribution in [0.25, 0.3) is 0 Å². The zero-order valence-electron chi connectivity index (χ0n) is 18.7. The molecule has 0 heterocycles. The molecule has 2 aromatic rings. The van der Waals surface area contributed by atoms with Gasteiger partial charge in [0.25, 0.3) is 5.91 Å². The Bertz CT molecular complexity index is 1000. The second-order valence-corrected chi connectivity index (χ2v) is 6.85. The van der Waals surface area contributed by atoms with E-state index in [-0.39, 0.29) is 12.5 Å². The van der Waals surface area contributed by atoms with Crippen molar-refractivity contribution in [2.75, 3.05) is 25.1 Å². The van der Waals surface area contributed by atoms with Crippen LogP contribution in [-0.4, -0.2) is 43.7 Å². The number of nitrogens with zero attached hydrogens (tertiary/aromatic N) is 1. The standard InChI is InChI=1S/C23H28N4O5/c1-5-24-22(29)23(30)27-25-13-17-9-10-19(20(12-17)31-6-2)32-14-21(28)26-18-11-15(3)7-8-16(18)4/h7-13H,5-6,14H2,1-4H3,(H,24,29)(H,26,28)(H,27,30)/b25-13-. The highest BCUT2D eigenvalue weighted by molar-refractivity contribution is 6.35. The molecule has 32 heavy (non-hydrogen) atoms. The number of rotatable bonds is 9. The maximum absolute atomic E-state index is 12.3. The molecule has 0 bridgehead atoms. The number of hydrogen-bond donors (Lipinski definition) is 3. The lowest BCUT2D eigenvalue weighted by atomic mass is 10.1. The summed E-state index contributed by atoms with van der Waals surface area (Å²) < 4.78 is 11.2. The van der Waals surface area contributed by atoms with E-state index in [1.807, 2.05) is 39.0 Å². The summed E-state index contributed by atoms with van der Waals surface area (Å²) in [6.45, 7) is 7.95. The molecule has 3 N–H and O–H groups in total. The fourth-order valence-corrected chi connectivity index (χ4v) is 2.65. The second kappa shape index (κ2) is 12.1. The molecule has 0 radical (unpaired) electrons. The first kappa shape index (κ1) is 24.4. The normalized spacial score (nSPS) is 10.5. The number of aryl methyl sites for hydroxylation is 2. The van der Waals surface area contributed by atoms with Crippen molar-refractivity contribution >= 4 is 29.6 Å². The maximum atomic E-state index is 12.3. The number of carbonyl (C=O) groups is 3. The van der Waals surface area contributed by atoms with E-state index in [2.05, 4.69) is 21.2 Å². The topological polar surface area (TPSA) is 118 Å². The second-order valence-electron chi connectivity index (χ2n) is 6.85. The fourth-order valence-electron chi connectivity index (χ4n) is 2.65. The molecule has 0 aliphatic rings. The third-order valence-electron chi connectivity index (χ3n) is 4.22. The van der Waals surface area contributed by atoms with E-state index in [1.165, 1.54) is 6.21 Å². The highest BCUT2D eigenvalue weighted by Gasteiger charge is 2.12. The molecule has 0 saturated heterocycles. The summed E-state index contributed by atoms with van der Waals surface area (Å²) in [6, 6.07) is 10.8. The van der Waals surface area contributed by atoms with E-state index < -0.39 is 11.8 Å². The molecule has 0 aromatic heterocycles. The Balaban J connectivity index is 2.00. The van der Waals surface area contributed by atoms with E-state index in [4.69, 9.17) is 9.47 Å². The number of likely N-dealkylation sites (N-methyl/N-ethyl adjacent to an activating group) is 1. The van der Waals surface area contributed by atoms with Gasteiger partial charge < -0.3 is 20.1 Å². The third-order valence-corrected chi connectivity index (χ3v) is 4.22. The molecule has 3 amide bonds. The average Bonchev–Trinajstić information content (AvgIpc) is 2.76. The van der Waals surface area contributed by atoms with Crippen LogP contribution in [0.4, 0.5) is 5.69 Å². The van der Waals surface area contributed by atoms with Crippen molar-refractivity contribution in [2.24, 2.45) is 5.10 Å². The van der Waals surface area contributed by atoms with Crippen molar-refractivity contribution in [1.82, 2.24) is 10.7 Å². The lowest BCUT2D eigenvalue weighted by Crippen LogP contribution is -2.37. The summed E-state index contributed by atoms with van der Waals surface area (Å²) in [6.07, 6.45) is 1.37. The molecule has 0 fully saturated rings. The van der Waals surface area contributed by atoms with Crippen LogP contribution in [0.1, 0.15) is 30.5 Å². The predicted molar refractivity (Wildman–Crippen MR) is 122 cm³/mol. The number of benzene rings is 2. The summed E-state index contributed by atoms with van der Waals surface area (Å²) in [5, 5.41) is 8.99. The number of ether oxygens (including phenoxy) is 2. The SMILES string of the molecule is CCNC(=O)C(=O)N/N=C\c1ccc(OCC(=O)Nc2cc(C)ccc2C)c(OCC)c1. The molecule has 0 unspecified atom stereocenters. The molecule has 0 spiro atoms. The summed E-state index contributed by atoms with van der Waals surface area (Å²) in [7, 11) is 0. The first-order valence-corrected chi connectivity index (χ1v) is 10.2. The first-order valence-electron chi connectivity index (χ1n) is 10.2. The highest BCUT2D eigenvalue weighted by atomic mass is 16.5. The van der Waals surface area contributed by atoms with E-state index >= 15 is 0 Å². The number of hydrazone groups is 1. The van der Waals surface area contributed by atoms with Gasteiger partial charge in [0, 0.05) is 12.2 Å². The zero-order chi connectivity index (χ0) is 23.5. The van der Waals surface area contributed by atoms with E-state index in [9.17, 15) is 14.4 Å². The van der Waals surface area contributed by atoms with Crippen LogP contribution >= 0.6 is 0 Å². The first-order chi connectivity index (χ1) is 15.3. The van der Waals surface area contributed by atoms with E-state index in [0.717, 1.165) is 16.8 Å². The van der Waals surface area contributed by atoms with Crippen molar-refractivity contribution in [3.8, 4) is 11.5 Å². The Morgan fingerprint density at radius 2 is 1.75 bits per heavy atom. The van der Waals surface area contributed by atoms with Crippen molar-refractivity contribution in [3.05, 3.63) is 53.1 Å². The molecular weight excluding hydrogens is 412 g/mol. The molecule has 9 heteroatoms. The van der Waals surface area contributed by atoms with Crippen LogP contribution in [0.15, 0.2) is 41.5 Å². The minimum atomic E-state index is -0.858. The van der Waals surface area contributed by atoms with Crippen LogP contribution in [0.3, 0.4) is 0 Å². The van der Waals surface area contributed by atoms with Gasteiger partial charge >= 0.3 is 11.8 Å². The Morgan fingerprint density at radius 3 is 2.47 bits per heavy atom. The van der Waals surface area contributed by atoms with Crippen LogP contribution < -0.4 is 25.5 Å². The number of hydrogen-bond acceptors (Lipinski definition) is 6. The molecule has 170 valence electrons. The van der Waals surface area contributed by atoms with Crippen molar-refractivity contribution in [2.45, 2.75) is 27.7 Å². The minimum absolute atomic E-state index is 0.191. The van der Waals surface area contributed by atoms with E-state index in [0.29, 0.717) is 30.2 Å². The zero-order valence-corrected chi connectivity index (χ0v) is 18.7. The lowest BCUT2D eigenvalue weighted by molar-refractivity contribution is -0.139. The quantitative estimate of drug-likeness (QED) is 0.314. The van der Waals surface area contributed by atoms with Crippen LogP contribution in [0, 0.1) is 13.8 Å². The van der Waals surface area contributed by atoms with Crippen molar-refractivity contribution in [3.63, 3.8) is 0 Å². The van der Waals surface area contributed by atoms with Crippen molar-refractivity contribution in [1.29, 1.82) is 0 Å². The monoisotopic (exact) mass is 440 g/mol. The maximum Gasteiger partial charge on any atom is 0.329 e. The molecule has 0 aliphatic carbocycles. The highest BCUT2D eigenvalue weighted by Crippen LogP contribution is 2.28. The van der Waals surface area contributed by atoms with Crippen molar-refractivity contribution < 1.29 is 23.9 Å². The third kappa shape index (κ3) is 7.42. The Hall–Kier alpha value is -3.88. The van der Waals surface area contributed by atoms with Gasteiger partial charge in [-0.2, -0.15) is 5.10 Å². The summed E-state index contributed by atoms with van der Waals surface area (Å²) >= 11 is 0. The lowest BCUT2D eigenvalue weighted by Gasteiger charge is -2.13. The molecule has 0 atom stereocenters. The summed E-state index contributed by atoms with van der Waals surface area (Å²) in [4.78, 5) is 35.2. The van der Waals surface area contributed by atoms with Gasteiger partial charge in [-0.25, -0.2) is 5.43 Å². The Morgan fingerprint density at radius 1 is 0.969 bits per heavy atom. The molecule has 9 nitrogen and oxygen atoms in total. The van der Waals surface area contributed by atoms with Gasteiger partial charge in [-0.1, -0.05) is 12.1 Å². The smallest absolute Gasteiger partial charge is 0.329 e. The van der Waals surface area contributed by atoms with Gasteiger partial charge in [-0.3, -0.25) is 14.4 Å². The number of amides is 3. The van der Waals surface area contributed by atoms with Gasteiger partial charge in [0.1, 0.15) is 0 Å². The van der Waals surface area contributed by atoms with Crippen LogP contribution in [0.5, 0.6) is 11.5 Å². The molecular formula is C23H28N4O5. The van der Waals surface area contributed by atoms with Gasteiger partial charge in [-0.05, 0) is 68.7 Å². The van der Waals surface area contributed by atoms with E-state index in [1.54, 1.807) is 25.1 Å². The molecule has 0 saturated carbocycles. The van der Waals surface area contributed by atoms with Gasteiger partial charge in [-0.15, -0.1) is 0 Å².